The fourth-order valence-electron chi connectivity index (χ4n) is 4.64. The van der Waals surface area contributed by atoms with Gasteiger partial charge in [-0.15, -0.1) is 0 Å². The van der Waals surface area contributed by atoms with Crippen molar-refractivity contribution in [3.05, 3.63) is 95.6 Å². The van der Waals surface area contributed by atoms with Crippen LogP contribution in [0.5, 0.6) is 0 Å². The molecule has 186 valence electrons. The highest BCUT2D eigenvalue weighted by molar-refractivity contribution is 5.88. The summed E-state index contributed by atoms with van der Waals surface area (Å²) in [5, 5.41) is 15.4. The Hall–Kier alpha value is -4.13. The number of carboxylic acid groups (broad SMARTS) is 1. The van der Waals surface area contributed by atoms with Crippen LogP contribution in [0.15, 0.2) is 78.9 Å². The third kappa shape index (κ3) is 6.10. The molecule has 0 fully saturated rings. The van der Waals surface area contributed by atoms with E-state index < -0.39 is 24.0 Å². The highest BCUT2D eigenvalue weighted by atomic mass is 16.5. The lowest BCUT2D eigenvalue weighted by Gasteiger charge is -2.23. The number of carboxylic acids is 1. The number of fused-ring (bicyclic) bond motifs is 3. The Morgan fingerprint density at radius 2 is 1.42 bits per heavy atom. The maximum absolute atomic E-state index is 12.6. The van der Waals surface area contributed by atoms with Crippen molar-refractivity contribution < 1.29 is 24.2 Å². The van der Waals surface area contributed by atoms with Crippen molar-refractivity contribution in [1.82, 2.24) is 10.6 Å². The van der Waals surface area contributed by atoms with Gasteiger partial charge in [-0.05, 0) is 40.7 Å². The maximum Gasteiger partial charge on any atom is 0.407 e. The van der Waals surface area contributed by atoms with Gasteiger partial charge in [-0.2, -0.15) is 0 Å². The molecule has 1 atom stereocenters. The number of alkyl carbamates (subject to hydrolysis) is 1. The van der Waals surface area contributed by atoms with Crippen molar-refractivity contribution in [3.8, 4) is 11.1 Å². The van der Waals surface area contributed by atoms with Crippen LogP contribution in [-0.2, 0) is 20.9 Å². The van der Waals surface area contributed by atoms with Crippen LogP contribution in [0.25, 0.3) is 11.1 Å². The van der Waals surface area contributed by atoms with E-state index in [2.05, 4.69) is 10.6 Å². The van der Waals surface area contributed by atoms with E-state index in [-0.39, 0.29) is 18.9 Å². The summed E-state index contributed by atoms with van der Waals surface area (Å²) < 4.78 is 5.17. The Bertz CT molecular complexity index is 1170. The average molecular weight is 487 g/mol. The molecule has 3 aromatic carbocycles. The van der Waals surface area contributed by atoms with E-state index in [1.807, 2.05) is 78.9 Å². The van der Waals surface area contributed by atoms with Gasteiger partial charge in [0.15, 0.2) is 0 Å². The second-order valence-corrected chi connectivity index (χ2v) is 8.83. The molecule has 0 heterocycles. The summed E-state index contributed by atoms with van der Waals surface area (Å²) in [6.07, 6.45) is 1.76. The topological polar surface area (TPSA) is 105 Å². The van der Waals surface area contributed by atoms with E-state index in [4.69, 9.17) is 4.74 Å². The maximum atomic E-state index is 12.6. The minimum atomic E-state index is -1.06. The Labute approximate surface area is 210 Å². The van der Waals surface area contributed by atoms with Gasteiger partial charge in [0.05, 0.1) is 0 Å². The largest absolute Gasteiger partial charge is 0.480 e. The van der Waals surface area contributed by atoms with Gasteiger partial charge in [-0.1, -0.05) is 85.3 Å². The summed E-state index contributed by atoms with van der Waals surface area (Å²) in [5.41, 5.74) is 4.76. The van der Waals surface area contributed by atoms with Crippen molar-refractivity contribution in [2.45, 2.75) is 44.2 Å². The zero-order valence-corrected chi connectivity index (χ0v) is 20.0. The van der Waals surface area contributed by atoms with Crippen molar-refractivity contribution in [3.63, 3.8) is 0 Å². The van der Waals surface area contributed by atoms with Crippen LogP contribution in [0, 0.1) is 0 Å². The zero-order valence-electron chi connectivity index (χ0n) is 20.0. The first-order valence-electron chi connectivity index (χ1n) is 12.2. The van der Waals surface area contributed by atoms with Gasteiger partial charge < -0.3 is 20.5 Å². The van der Waals surface area contributed by atoms with Crippen LogP contribution in [-0.4, -0.2) is 35.7 Å². The molecule has 0 aliphatic heterocycles. The van der Waals surface area contributed by atoms with Crippen LogP contribution in [0.3, 0.4) is 0 Å². The van der Waals surface area contributed by atoms with E-state index in [1.165, 1.54) is 0 Å². The van der Waals surface area contributed by atoms with Crippen molar-refractivity contribution in [2.75, 3.05) is 6.54 Å². The molecule has 7 nitrogen and oxygen atoms in total. The second kappa shape index (κ2) is 12.0. The van der Waals surface area contributed by atoms with Crippen LogP contribution in [0.2, 0.25) is 0 Å². The lowest BCUT2D eigenvalue weighted by molar-refractivity contribution is -0.142. The van der Waals surface area contributed by atoms with E-state index in [0.717, 1.165) is 34.2 Å². The predicted molar refractivity (Wildman–Crippen MR) is 136 cm³/mol. The summed E-state index contributed by atoms with van der Waals surface area (Å²) in [6, 6.07) is 23.9. The van der Waals surface area contributed by atoms with E-state index in [9.17, 15) is 19.5 Å². The molecule has 36 heavy (non-hydrogen) atoms. The minimum Gasteiger partial charge on any atom is -0.480 e. The number of amides is 2. The molecule has 1 aliphatic rings. The first kappa shape index (κ1) is 25.0. The molecule has 0 unspecified atom stereocenters. The normalized spacial score (nSPS) is 12.8. The molecule has 0 saturated carbocycles. The minimum absolute atomic E-state index is 0.216. The number of benzene rings is 3. The first-order chi connectivity index (χ1) is 17.5. The summed E-state index contributed by atoms with van der Waals surface area (Å²) >= 11 is 0. The molecule has 7 heteroatoms. The second-order valence-electron chi connectivity index (χ2n) is 8.83. The van der Waals surface area contributed by atoms with Crippen molar-refractivity contribution in [2.24, 2.45) is 0 Å². The van der Waals surface area contributed by atoms with Crippen LogP contribution in [0.4, 0.5) is 4.79 Å². The van der Waals surface area contributed by atoms with Crippen molar-refractivity contribution in [1.29, 1.82) is 0 Å². The zero-order chi connectivity index (χ0) is 25.3. The third-order valence-electron chi connectivity index (χ3n) is 6.36. The number of rotatable bonds is 11. The quantitative estimate of drug-likeness (QED) is 0.336. The number of hydrogen-bond acceptors (Lipinski definition) is 4. The molecule has 0 spiro atoms. The fourth-order valence-corrected chi connectivity index (χ4v) is 4.64. The Kier molecular flexibility index (Phi) is 8.34. The highest BCUT2D eigenvalue weighted by Crippen LogP contribution is 2.46. The number of hydrogen-bond donors (Lipinski definition) is 3. The molecular weight excluding hydrogens is 456 g/mol. The number of carbonyl (C=O) groups excluding carboxylic acids is 2. The third-order valence-corrected chi connectivity index (χ3v) is 6.36. The van der Waals surface area contributed by atoms with E-state index in [1.54, 1.807) is 0 Å². The molecule has 0 aromatic heterocycles. The number of ether oxygens (including phenoxy) is 1. The summed E-state index contributed by atoms with van der Waals surface area (Å²) in [4.78, 5) is 36.6. The molecular formula is C29H30N2O5. The van der Waals surface area contributed by atoms with Crippen LogP contribution in [0.1, 0.15) is 48.3 Å². The Morgan fingerprint density at radius 3 is 2.06 bits per heavy atom. The van der Waals surface area contributed by atoms with Gasteiger partial charge in [0.1, 0.15) is 12.6 Å². The van der Waals surface area contributed by atoms with Gasteiger partial charge >= 0.3 is 12.1 Å². The Balaban J connectivity index is 1.22. The molecule has 3 N–H and O–H groups in total. The predicted octanol–water partition coefficient (Wildman–Crippen LogP) is 4.86. The Morgan fingerprint density at radius 1 is 0.806 bits per heavy atom. The smallest absolute Gasteiger partial charge is 0.407 e. The van der Waals surface area contributed by atoms with Gasteiger partial charge in [0.2, 0.25) is 5.91 Å². The number of unbranched alkanes of at least 4 members (excludes halogenated alkanes) is 2. The summed E-state index contributed by atoms with van der Waals surface area (Å²) in [7, 11) is 0. The van der Waals surface area contributed by atoms with Gasteiger partial charge in [0, 0.05) is 18.9 Å². The van der Waals surface area contributed by atoms with E-state index in [0.29, 0.717) is 19.4 Å². The monoisotopic (exact) mass is 486 g/mol. The SMILES string of the molecule is O=C(CCCCCNC(=O)OCc1ccccc1)N[C@H](C(=O)O)C1c2ccccc2-c2ccccc21. The molecule has 2 amide bonds. The van der Waals surface area contributed by atoms with Gasteiger partial charge in [-0.3, -0.25) is 4.79 Å². The lowest BCUT2D eigenvalue weighted by atomic mass is 9.89. The van der Waals surface area contributed by atoms with Gasteiger partial charge in [0.25, 0.3) is 0 Å². The van der Waals surface area contributed by atoms with Crippen molar-refractivity contribution >= 4 is 18.0 Å². The standard InChI is InChI=1S/C29H30N2O5/c32-25(17-5-2-10-18-30-29(35)36-19-20-11-3-1-4-12-20)31-27(28(33)34)26-23-15-8-6-13-21(23)22-14-7-9-16-24(22)26/h1,3-4,6-9,11-16,26-27H,2,5,10,17-19H2,(H,30,35)(H,31,32)(H,33,34)/t27-/m0/s1. The van der Waals surface area contributed by atoms with Crippen LogP contribution < -0.4 is 10.6 Å². The van der Waals surface area contributed by atoms with E-state index >= 15 is 0 Å². The number of aliphatic carboxylic acids is 1. The fraction of sp³-hybridized carbons (Fsp3) is 0.276. The summed E-state index contributed by atoms with van der Waals surface area (Å²) in [6.45, 7) is 0.663. The number of carbonyl (C=O) groups is 3. The van der Waals surface area contributed by atoms with Crippen LogP contribution >= 0.6 is 0 Å². The van der Waals surface area contributed by atoms with Gasteiger partial charge in [-0.25, -0.2) is 9.59 Å². The number of nitrogens with one attached hydrogen (secondary N) is 2. The highest BCUT2D eigenvalue weighted by Gasteiger charge is 2.38. The molecule has 0 bridgehead atoms. The molecule has 3 aromatic rings. The molecule has 1 aliphatic carbocycles. The molecule has 4 rings (SSSR count). The molecule has 0 saturated heterocycles. The lowest BCUT2D eigenvalue weighted by Crippen LogP contribution is -2.44. The average Bonchev–Trinajstić information content (AvgIpc) is 3.23. The summed E-state index contributed by atoms with van der Waals surface area (Å²) in [5.74, 6) is -1.79. The molecule has 0 radical (unpaired) electrons. The first-order valence-corrected chi connectivity index (χ1v) is 12.2.